The minimum atomic E-state index is -1.40. The van der Waals surface area contributed by atoms with Crippen molar-refractivity contribution in [1.29, 1.82) is 0 Å². The van der Waals surface area contributed by atoms with E-state index in [4.69, 9.17) is 19.9 Å². The topological polar surface area (TPSA) is 348 Å². The quantitative estimate of drug-likeness (QED) is 0.0229. The van der Waals surface area contributed by atoms with Crippen LogP contribution in [0.15, 0.2) is 78.3 Å². The van der Waals surface area contributed by atoms with Crippen LogP contribution in [0.5, 0.6) is 0 Å². The molecule has 532 valence electrons. The Labute approximate surface area is 573 Å². The van der Waals surface area contributed by atoms with Gasteiger partial charge in [0.1, 0.15) is 35.3 Å². The lowest BCUT2D eigenvalue weighted by Gasteiger charge is -2.41. The summed E-state index contributed by atoms with van der Waals surface area (Å²) in [6.45, 7) is 13.6. The van der Waals surface area contributed by atoms with E-state index >= 15 is 0 Å². The molecule has 1 aliphatic carbocycles. The zero-order chi connectivity index (χ0) is 70.9. The fraction of sp³-hybridized carbons (Fsp3) is 0.600. The fourth-order valence-electron chi connectivity index (χ4n) is 13.0. The number of likely N-dealkylation sites (tertiary alicyclic amines) is 1. The number of nitrogens with two attached hydrogens (primary N) is 1. The van der Waals surface area contributed by atoms with Gasteiger partial charge in [0, 0.05) is 76.7 Å². The maximum atomic E-state index is 14.9. The Morgan fingerprint density at radius 2 is 1.45 bits per heavy atom. The minimum Gasteiger partial charge on any atom is -0.445 e. The van der Waals surface area contributed by atoms with E-state index < -0.39 is 95.5 Å². The van der Waals surface area contributed by atoms with Crippen molar-refractivity contribution in [3.8, 4) is 0 Å². The molecule has 97 heavy (non-hydrogen) atoms. The van der Waals surface area contributed by atoms with Crippen LogP contribution in [0.2, 0.25) is 0 Å². The number of amides is 12. The fourth-order valence-corrected chi connectivity index (χ4v) is 13.7. The highest BCUT2D eigenvalue weighted by molar-refractivity contribution is 7.09. The summed E-state index contributed by atoms with van der Waals surface area (Å²) in [4.78, 5) is 157. The first-order chi connectivity index (χ1) is 46.3. The van der Waals surface area contributed by atoms with E-state index in [-0.39, 0.29) is 106 Å². The Bertz CT molecular complexity index is 3150. The molecule has 1 saturated heterocycles. The van der Waals surface area contributed by atoms with E-state index in [1.165, 1.54) is 30.6 Å². The SMILES string of the molecule is CC[C@H](C)[C@@H]([C@@H](CC(=O)N1CCC[C@H]1[C@H](OC)[C@@H](C)C(=O)N[C@@H](Cc1ccccc1)c1nccs1)OC)N(C)C(=O)[C@@H](NC(=O)C1(NC(=O)OCc2ccc(NC(=O)[C@H](CCCNC(N)=O)NC(=O)[C@@H](NC(=O)CCCCCN3C(=O)C=CC3=O)C(C)C)cc2)CCCC1)C(C)C. The number of likely N-dealkylation sites (N-methyl/N-ethyl adjacent to an activating group) is 1. The molecule has 2 aromatic carbocycles. The zero-order valence-corrected chi connectivity index (χ0v) is 58.7. The normalized spacial score (nSPS) is 17.8. The third-order valence-corrected chi connectivity index (χ3v) is 19.6. The number of aromatic nitrogens is 1. The molecule has 3 heterocycles. The number of nitrogens with zero attached hydrogens (tertiary/aromatic N) is 4. The number of rotatable bonds is 38. The Balaban J connectivity index is 1.03. The molecular formula is C70H102N12O14S. The number of ether oxygens (including phenoxy) is 3. The molecule has 26 nitrogen and oxygen atoms in total. The van der Waals surface area contributed by atoms with E-state index in [1.807, 2.05) is 70.3 Å². The third-order valence-electron chi connectivity index (χ3n) is 18.7. The molecule has 9 N–H and O–H groups in total. The number of urea groups is 1. The van der Waals surface area contributed by atoms with Crippen LogP contribution in [-0.2, 0) is 70.4 Å². The summed E-state index contributed by atoms with van der Waals surface area (Å²) in [6, 6.07) is 11.0. The lowest BCUT2D eigenvalue weighted by atomic mass is 9.89. The highest BCUT2D eigenvalue weighted by atomic mass is 32.1. The number of alkyl carbamates (subject to hydrolysis) is 1. The first-order valence-corrected chi connectivity index (χ1v) is 34.9. The second-order valence-electron chi connectivity index (χ2n) is 26.3. The van der Waals surface area contributed by atoms with Crippen molar-refractivity contribution < 1.29 is 67.0 Å². The molecule has 2 aliphatic heterocycles. The molecule has 1 aromatic heterocycles. The van der Waals surface area contributed by atoms with Gasteiger partial charge in [-0.3, -0.25) is 48.1 Å². The average molecular weight is 1370 g/mol. The van der Waals surface area contributed by atoms with E-state index in [0.717, 1.165) is 15.5 Å². The number of carbonyl (C=O) groups is 11. The smallest absolute Gasteiger partial charge is 0.408 e. The Hall–Kier alpha value is -8.30. The third kappa shape index (κ3) is 22.4. The molecule has 2 fully saturated rings. The highest BCUT2D eigenvalue weighted by Crippen LogP contribution is 2.33. The standard InChI is InChI=1S/C70H102N12O14S/c1-11-45(6)60(53(94-9)41-57(86)81-38-21-25-52(81)61(95-10)46(7)62(87)76-51(65-72-36-39-97-65)40-47-22-14-12-15-23-47)80(8)66(90)59(44(4)5)78-67(91)70(33-17-18-34-70)79-69(93)96-42-48-27-29-49(30-28-48)74-63(88)50(24-20-35-73-68(71)92)75-64(89)58(43(2)3)77-54(83)26-16-13-19-37-82-55(84)31-32-56(82)85/h12,14-15,22-23,27-32,36,39,43-46,50-53,58-61H,11,13,16-21,24-26,33-35,37-38,40-42H2,1-10H3,(H,74,88)(H,75,89)(H,76,87)(H,77,83)(H,78,91)(H,79,93)(H3,71,73,92)/t45-,46+,50-,51-,52-,53+,58-,59-,60-,61+/m0/s1. The van der Waals surface area contributed by atoms with Crippen LogP contribution in [0.25, 0.3) is 0 Å². The molecular weight excluding hydrogens is 1260 g/mol. The number of benzene rings is 2. The van der Waals surface area contributed by atoms with Gasteiger partial charge in [-0.05, 0) is 98.8 Å². The van der Waals surface area contributed by atoms with E-state index in [2.05, 4.69) is 42.2 Å². The number of primary amides is 1. The highest BCUT2D eigenvalue weighted by Gasteiger charge is 2.47. The van der Waals surface area contributed by atoms with Gasteiger partial charge in [0.15, 0.2) is 0 Å². The van der Waals surface area contributed by atoms with E-state index in [0.29, 0.717) is 75.6 Å². The van der Waals surface area contributed by atoms with Crippen LogP contribution in [0.1, 0.15) is 161 Å². The Morgan fingerprint density at radius 1 is 0.773 bits per heavy atom. The second-order valence-corrected chi connectivity index (χ2v) is 27.3. The molecule has 6 rings (SSSR count). The lowest BCUT2D eigenvalue weighted by molar-refractivity contribution is -0.148. The number of hydrogen-bond donors (Lipinski definition) is 8. The number of imide groups is 1. The summed E-state index contributed by atoms with van der Waals surface area (Å²) in [5, 5.41) is 22.5. The number of carbonyl (C=O) groups excluding carboxylic acids is 11. The number of thiazole rings is 1. The predicted octanol–water partition coefficient (Wildman–Crippen LogP) is 6.34. The van der Waals surface area contributed by atoms with Crippen molar-refractivity contribution >= 4 is 82.3 Å². The molecule has 3 aliphatic rings. The molecule has 12 amide bonds. The maximum Gasteiger partial charge on any atom is 0.408 e. The molecule has 0 spiro atoms. The Morgan fingerprint density at radius 3 is 2.06 bits per heavy atom. The lowest BCUT2D eigenvalue weighted by Crippen LogP contribution is -2.63. The number of nitrogens with one attached hydrogen (secondary N) is 7. The molecule has 1 saturated carbocycles. The van der Waals surface area contributed by atoms with Crippen LogP contribution >= 0.6 is 11.3 Å². The van der Waals surface area contributed by atoms with Crippen LogP contribution < -0.4 is 43.0 Å². The number of hydrogen-bond acceptors (Lipinski definition) is 16. The van der Waals surface area contributed by atoms with Gasteiger partial charge in [-0.15, -0.1) is 11.3 Å². The molecule has 0 bridgehead atoms. The van der Waals surface area contributed by atoms with E-state index in [9.17, 15) is 52.7 Å². The minimum absolute atomic E-state index is 0.0689. The van der Waals surface area contributed by atoms with Gasteiger partial charge in [-0.2, -0.15) is 0 Å². The van der Waals surface area contributed by atoms with Gasteiger partial charge >= 0.3 is 12.1 Å². The number of methoxy groups -OCH3 is 2. The van der Waals surface area contributed by atoms with Gasteiger partial charge in [-0.1, -0.05) is 117 Å². The maximum absolute atomic E-state index is 14.9. The van der Waals surface area contributed by atoms with Crippen molar-refractivity contribution in [2.24, 2.45) is 29.4 Å². The number of unbranched alkanes of at least 4 members (excludes halogenated alkanes) is 2. The van der Waals surface area contributed by atoms with Gasteiger partial charge in [0.25, 0.3) is 11.8 Å². The summed E-state index contributed by atoms with van der Waals surface area (Å²) in [5.41, 5.74) is 5.79. The van der Waals surface area contributed by atoms with Crippen molar-refractivity contribution in [1.82, 2.24) is 51.6 Å². The van der Waals surface area contributed by atoms with Gasteiger partial charge in [-0.25, -0.2) is 14.6 Å². The van der Waals surface area contributed by atoms with Crippen molar-refractivity contribution in [3.63, 3.8) is 0 Å². The van der Waals surface area contributed by atoms with Gasteiger partial charge < -0.3 is 67.0 Å². The molecule has 3 aromatic rings. The molecule has 10 atom stereocenters. The summed E-state index contributed by atoms with van der Waals surface area (Å²) in [5.74, 6) is -5.24. The number of anilines is 1. The Kier molecular flexibility index (Phi) is 30.4. The predicted molar refractivity (Wildman–Crippen MR) is 365 cm³/mol. The largest absolute Gasteiger partial charge is 0.445 e. The molecule has 27 heteroatoms. The second kappa shape index (κ2) is 38.0. The van der Waals surface area contributed by atoms with Crippen LogP contribution in [0.4, 0.5) is 15.3 Å². The summed E-state index contributed by atoms with van der Waals surface area (Å²) >= 11 is 1.47. The average Bonchev–Trinajstić information content (AvgIpc) is 1.79. The first kappa shape index (κ1) is 77.7. The van der Waals surface area contributed by atoms with E-state index in [1.54, 1.807) is 68.3 Å². The van der Waals surface area contributed by atoms with Crippen LogP contribution in [0.3, 0.4) is 0 Å². The van der Waals surface area contributed by atoms with Gasteiger partial charge in [0.2, 0.25) is 41.4 Å². The monoisotopic (exact) mass is 1370 g/mol. The summed E-state index contributed by atoms with van der Waals surface area (Å²) < 4.78 is 17.9. The van der Waals surface area contributed by atoms with Crippen molar-refractivity contribution in [2.45, 2.75) is 205 Å². The van der Waals surface area contributed by atoms with Crippen molar-refractivity contribution in [2.75, 3.05) is 46.2 Å². The zero-order valence-electron chi connectivity index (χ0n) is 57.9. The molecule has 0 unspecified atom stereocenters. The van der Waals surface area contributed by atoms with Crippen LogP contribution in [-0.4, -0.2) is 174 Å². The molecule has 0 radical (unpaired) electrons. The van der Waals surface area contributed by atoms with Gasteiger partial charge in [0.05, 0.1) is 42.7 Å². The first-order valence-electron chi connectivity index (χ1n) is 34.0. The van der Waals surface area contributed by atoms with Crippen LogP contribution in [0, 0.1) is 23.7 Å². The summed E-state index contributed by atoms with van der Waals surface area (Å²) in [7, 11) is 4.74. The van der Waals surface area contributed by atoms with Crippen molar-refractivity contribution in [3.05, 3.63) is 94.5 Å². The summed E-state index contributed by atoms with van der Waals surface area (Å²) in [6.07, 6.45) is 8.12.